The molecule has 0 aliphatic heterocycles. The molecule has 0 radical (unpaired) electrons. The van der Waals surface area contributed by atoms with Crippen LogP contribution in [0, 0.1) is 5.41 Å². The molecule has 1 rings (SSSR count). The van der Waals surface area contributed by atoms with Crippen LogP contribution in [-0.4, -0.2) is 15.6 Å². The first kappa shape index (κ1) is 6.54. The molecule has 0 aliphatic rings. The van der Waals surface area contributed by atoms with Crippen LogP contribution in [0.3, 0.4) is 0 Å². The minimum absolute atomic E-state index is 0.0214. The fourth-order valence-corrected chi connectivity index (χ4v) is 0.577. The summed E-state index contributed by atoms with van der Waals surface area (Å²) < 4.78 is 1.50. The predicted molar refractivity (Wildman–Crippen MR) is 39.6 cm³/mol. The molecule has 0 amide bonds. The third-order valence-corrected chi connectivity index (χ3v) is 1.10. The van der Waals surface area contributed by atoms with Gasteiger partial charge in [-0.2, -0.15) is 5.10 Å². The maximum Gasteiger partial charge on any atom is 0.126 e. The van der Waals surface area contributed by atoms with Crippen molar-refractivity contribution in [3.05, 3.63) is 24.5 Å². The highest BCUT2D eigenvalue weighted by atomic mass is 15.2. The molecule has 0 atom stereocenters. The summed E-state index contributed by atoms with van der Waals surface area (Å²) in [5, 5.41) is 10.8. The SMILES string of the molecule is C=Cn1cc(C(=N)N)cn1. The summed E-state index contributed by atoms with van der Waals surface area (Å²) in [7, 11) is 0. The zero-order valence-corrected chi connectivity index (χ0v) is 5.41. The molecule has 4 heteroatoms. The molecule has 3 N–H and O–H groups in total. The van der Waals surface area contributed by atoms with E-state index < -0.39 is 0 Å². The lowest BCUT2D eigenvalue weighted by atomic mass is 10.3. The van der Waals surface area contributed by atoms with Crippen LogP contribution >= 0.6 is 0 Å². The van der Waals surface area contributed by atoms with Crippen LogP contribution in [0.1, 0.15) is 5.56 Å². The number of hydrogen-bond acceptors (Lipinski definition) is 2. The number of amidine groups is 1. The summed E-state index contributed by atoms with van der Waals surface area (Å²) in [6.45, 7) is 3.49. The summed E-state index contributed by atoms with van der Waals surface area (Å²) >= 11 is 0. The minimum atomic E-state index is 0.0214. The second kappa shape index (κ2) is 2.34. The fourth-order valence-electron chi connectivity index (χ4n) is 0.577. The van der Waals surface area contributed by atoms with Gasteiger partial charge in [-0.3, -0.25) is 5.41 Å². The third kappa shape index (κ3) is 1.05. The Morgan fingerprint density at radius 2 is 2.60 bits per heavy atom. The van der Waals surface area contributed by atoms with Gasteiger partial charge >= 0.3 is 0 Å². The molecule has 0 spiro atoms. The molecule has 0 fully saturated rings. The van der Waals surface area contributed by atoms with E-state index in [1.165, 1.54) is 17.1 Å². The van der Waals surface area contributed by atoms with Crippen LogP contribution in [0.15, 0.2) is 19.0 Å². The monoisotopic (exact) mass is 136 g/mol. The van der Waals surface area contributed by atoms with Gasteiger partial charge in [0, 0.05) is 12.4 Å². The highest BCUT2D eigenvalue weighted by Crippen LogP contribution is 1.94. The van der Waals surface area contributed by atoms with E-state index >= 15 is 0 Å². The molecule has 52 valence electrons. The van der Waals surface area contributed by atoms with Crippen molar-refractivity contribution in [2.75, 3.05) is 0 Å². The summed E-state index contributed by atoms with van der Waals surface area (Å²) in [6.07, 6.45) is 4.69. The van der Waals surface area contributed by atoms with E-state index in [0.29, 0.717) is 5.56 Å². The molecule has 0 unspecified atom stereocenters. The molecule has 0 bridgehead atoms. The van der Waals surface area contributed by atoms with Crippen molar-refractivity contribution in [2.24, 2.45) is 5.73 Å². The van der Waals surface area contributed by atoms with Crippen LogP contribution < -0.4 is 5.73 Å². The number of nitrogen functional groups attached to an aromatic ring is 1. The van der Waals surface area contributed by atoms with Crippen LogP contribution in [0.5, 0.6) is 0 Å². The molecule has 0 saturated carbocycles. The van der Waals surface area contributed by atoms with Crippen molar-refractivity contribution in [2.45, 2.75) is 0 Å². The number of rotatable bonds is 2. The van der Waals surface area contributed by atoms with Gasteiger partial charge < -0.3 is 5.73 Å². The Hall–Kier alpha value is -1.58. The number of nitrogens with zero attached hydrogens (tertiary/aromatic N) is 2. The molecule has 1 aromatic heterocycles. The van der Waals surface area contributed by atoms with Crippen molar-refractivity contribution in [1.29, 1.82) is 5.41 Å². The van der Waals surface area contributed by atoms with Gasteiger partial charge in [0.1, 0.15) is 5.84 Å². The van der Waals surface area contributed by atoms with Crippen LogP contribution in [-0.2, 0) is 0 Å². The zero-order valence-electron chi connectivity index (χ0n) is 5.41. The first-order valence-electron chi connectivity index (χ1n) is 2.75. The Labute approximate surface area is 58.5 Å². The molecule has 1 heterocycles. The summed E-state index contributed by atoms with van der Waals surface area (Å²) in [5.74, 6) is 0.0214. The number of hydrogen-bond donors (Lipinski definition) is 2. The maximum absolute atomic E-state index is 7.01. The fraction of sp³-hybridized carbons (Fsp3) is 0. The van der Waals surface area contributed by atoms with Crippen molar-refractivity contribution in [1.82, 2.24) is 9.78 Å². The normalized spacial score (nSPS) is 9.20. The first-order chi connectivity index (χ1) is 4.74. The van der Waals surface area contributed by atoms with Crippen molar-refractivity contribution < 1.29 is 0 Å². The molecule has 1 aromatic rings. The Kier molecular flexibility index (Phi) is 1.53. The van der Waals surface area contributed by atoms with Crippen LogP contribution in [0.4, 0.5) is 0 Å². The van der Waals surface area contributed by atoms with Gasteiger partial charge in [-0.25, -0.2) is 4.68 Å². The van der Waals surface area contributed by atoms with Crippen molar-refractivity contribution >= 4 is 12.0 Å². The molecular weight excluding hydrogens is 128 g/mol. The predicted octanol–water partition coefficient (Wildman–Crippen LogP) is 0.268. The van der Waals surface area contributed by atoms with Gasteiger partial charge in [-0.15, -0.1) is 0 Å². The third-order valence-electron chi connectivity index (χ3n) is 1.10. The van der Waals surface area contributed by atoms with Gasteiger partial charge in [0.2, 0.25) is 0 Å². The molecule has 0 aliphatic carbocycles. The van der Waals surface area contributed by atoms with Crippen LogP contribution in [0.25, 0.3) is 6.20 Å². The van der Waals surface area contributed by atoms with Gasteiger partial charge in [0.25, 0.3) is 0 Å². The van der Waals surface area contributed by atoms with E-state index in [-0.39, 0.29) is 5.84 Å². The lowest BCUT2D eigenvalue weighted by Gasteiger charge is -1.86. The molecule has 4 nitrogen and oxygen atoms in total. The van der Waals surface area contributed by atoms with Gasteiger partial charge in [-0.1, -0.05) is 6.58 Å². The smallest absolute Gasteiger partial charge is 0.126 e. The first-order valence-corrected chi connectivity index (χ1v) is 2.75. The topological polar surface area (TPSA) is 67.7 Å². The van der Waals surface area contributed by atoms with Crippen LogP contribution in [0.2, 0.25) is 0 Å². The van der Waals surface area contributed by atoms with Gasteiger partial charge in [0.05, 0.1) is 11.8 Å². The van der Waals surface area contributed by atoms with E-state index in [2.05, 4.69) is 11.7 Å². The average Bonchev–Trinajstić information content (AvgIpc) is 2.34. The quantitative estimate of drug-likeness (QED) is 0.452. The highest BCUT2D eigenvalue weighted by molar-refractivity contribution is 5.94. The van der Waals surface area contributed by atoms with Gasteiger partial charge in [0.15, 0.2) is 0 Å². The number of aromatic nitrogens is 2. The standard InChI is InChI=1S/C6H8N4/c1-2-10-4-5(3-9-10)6(7)8/h2-4H,1H2,(H3,7,8). The Morgan fingerprint density at radius 1 is 1.90 bits per heavy atom. The molecule has 0 saturated heterocycles. The van der Waals surface area contributed by atoms with E-state index in [9.17, 15) is 0 Å². The highest BCUT2D eigenvalue weighted by Gasteiger charge is 1.96. The zero-order chi connectivity index (χ0) is 7.56. The second-order valence-electron chi connectivity index (χ2n) is 1.81. The molecule has 0 aromatic carbocycles. The largest absolute Gasteiger partial charge is 0.384 e. The maximum atomic E-state index is 7.01. The second-order valence-corrected chi connectivity index (χ2v) is 1.81. The van der Waals surface area contributed by atoms with Crippen molar-refractivity contribution in [3.63, 3.8) is 0 Å². The number of nitrogens with two attached hydrogens (primary N) is 1. The molecular formula is C6H8N4. The Balaban J connectivity index is 2.98. The lowest BCUT2D eigenvalue weighted by Crippen LogP contribution is -2.09. The van der Waals surface area contributed by atoms with Crippen molar-refractivity contribution in [3.8, 4) is 0 Å². The van der Waals surface area contributed by atoms with E-state index in [1.807, 2.05) is 0 Å². The Bertz CT molecular complexity index is 260. The summed E-state index contributed by atoms with van der Waals surface area (Å²) in [6, 6.07) is 0. The number of nitrogens with one attached hydrogen (secondary N) is 1. The summed E-state index contributed by atoms with van der Waals surface area (Å²) in [5.41, 5.74) is 5.79. The molecule has 10 heavy (non-hydrogen) atoms. The van der Waals surface area contributed by atoms with E-state index in [1.54, 1.807) is 6.20 Å². The Morgan fingerprint density at radius 3 is 2.90 bits per heavy atom. The minimum Gasteiger partial charge on any atom is -0.384 e. The van der Waals surface area contributed by atoms with E-state index in [0.717, 1.165) is 0 Å². The lowest BCUT2D eigenvalue weighted by molar-refractivity contribution is 0.937. The average molecular weight is 136 g/mol. The summed E-state index contributed by atoms with van der Waals surface area (Å²) in [4.78, 5) is 0. The van der Waals surface area contributed by atoms with Gasteiger partial charge in [-0.05, 0) is 0 Å². The van der Waals surface area contributed by atoms with E-state index in [4.69, 9.17) is 11.1 Å².